The summed E-state index contributed by atoms with van der Waals surface area (Å²) in [4.78, 5) is 8.43. The molecule has 0 spiro atoms. The Hall–Kier alpha value is -2.24. The van der Waals surface area contributed by atoms with Crippen molar-refractivity contribution in [3.63, 3.8) is 0 Å². The van der Waals surface area contributed by atoms with Crippen molar-refractivity contribution < 1.29 is 13.9 Å². The number of methoxy groups -OCH3 is 2. The Morgan fingerprint density at radius 2 is 1.95 bits per heavy atom. The number of furan rings is 1. The summed E-state index contributed by atoms with van der Waals surface area (Å²) in [5.74, 6) is 2.30. The molecule has 102 valence electrons. The third-order valence-corrected chi connectivity index (χ3v) is 2.56. The molecule has 6 nitrogen and oxygen atoms in total. The monoisotopic (exact) mass is 263 g/mol. The Labute approximate surface area is 111 Å². The number of hydrogen-bond acceptors (Lipinski definition) is 6. The molecule has 0 amide bonds. The van der Waals surface area contributed by atoms with Crippen LogP contribution >= 0.6 is 0 Å². The van der Waals surface area contributed by atoms with Gasteiger partial charge in [0, 0.05) is 12.5 Å². The second kappa shape index (κ2) is 6.08. The largest absolute Gasteiger partial charge is 0.481 e. The summed E-state index contributed by atoms with van der Waals surface area (Å²) in [6.45, 7) is 2.03. The molecule has 2 aromatic rings. The molecule has 0 aliphatic rings. The minimum atomic E-state index is 0.128. The Kier molecular flexibility index (Phi) is 4.22. The number of nitrogens with zero attached hydrogens (tertiary/aromatic N) is 2. The van der Waals surface area contributed by atoms with Gasteiger partial charge in [-0.1, -0.05) is 0 Å². The average molecular weight is 263 g/mol. The van der Waals surface area contributed by atoms with Crippen molar-refractivity contribution in [2.24, 2.45) is 0 Å². The van der Waals surface area contributed by atoms with Crippen LogP contribution in [0.4, 0.5) is 5.95 Å². The van der Waals surface area contributed by atoms with Crippen LogP contribution in [0.15, 0.2) is 28.9 Å². The highest BCUT2D eigenvalue weighted by molar-refractivity contribution is 5.34. The van der Waals surface area contributed by atoms with Gasteiger partial charge in [0.05, 0.1) is 26.5 Å². The van der Waals surface area contributed by atoms with Gasteiger partial charge >= 0.3 is 0 Å². The highest BCUT2D eigenvalue weighted by Gasteiger charge is 2.10. The third kappa shape index (κ3) is 3.61. The fourth-order valence-corrected chi connectivity index (χ4v) is 1.68. The highest BCUT2D eigenvalue weighted by atomic mass is 16.5. The molecule has 19 heavy (non-hydrogen) atoms. The van der Waals surface area contributed by atoms with Crippen LogP contribution in [-0.2, 0) is 6.42 Å². The van der Waals surface area contributed by atoms with Crippen molar-refractivity contribution in [2.75, 3.05) is 19.5 Å². The zero-order valence-corrected chi connectivity index (χ0v) is 11.2. The number of aromatic nitrogens is 2. The molecule has 2 rings (SSSR count). The van der Waals surface area contributed by atoms with E-state index in [1.807, 2.05) is 19.1 Å². The number of ether oxygens (including phenoxy) is 2. The van der Waals surface area contributed by atoms with E-state index in [1.54, 1.807) is 26.5 Å². The van der Waals surface area contributed by atoms with Crippen molar-refractivity contribution >= 4 is 5.95 Å². The van der Waals surface area contributed by atoms with Crippen LogP contribution < -0.4 is 14.8 Å². The first-order valence-electron chi connectivity index (χ1n) is 5.97. The number of anilines is 1. The fourth-order valence-electron chi connectivity index (χ4n) is 1.68. The first-order valence-corrected chi connectivity index (χ1v) is 5.97. The SMILES string of the molecule is COc1cc(OC)nc(NC(C)Cc2ccco2)n1. The van der Waals surface area contributed by atoms with E-state index >= 15 is 0 Å². The molecule has 0 bridgehead atoms. The van der Waals surface area contributed by atoms with E-state index in [0.717, 1.165) is 12.2 Å². The molecule has 0 aliphatic heterocycles. The van der Waals surface area contributed by atoms with Gasteiger partial charge in [-0.3, -0.25) is 0 Å². The van der Waals surface area contributed by atoms with Crippen LogP contribution in [0.5, 0.6) is 11.8 Å². The standard InChI is InChI=1S/C13H17N3O3/c1-9(7-10-5-4-6-19-10)14-13-15-11(17-2)8-12(16-13)18-3/h4-6,8-9H,7H2,1-3H3,(H,14,15,16). The second-order valence-electron chi connectivity index (χ2n) is 4.11. The van der Waals surface area contributed by atoms with Crippen molar-refractivity contribution in [1.29, 1.82) is 0 Å². The minimum absolute atomic E-state index is 0.128. The summed E-state index contributed by atoms with van der Waals surface area (Å²) in [7, 11) is 3.11. The molecule has 1 unspecified atom stereocenters. The predicted molar refractivity (Wildman–Crippen MR) is 70.6 cm³/mol. The summed E-state index contributed by atoms with van der Waals surface area (Å²) in [5, 5.41) is 3.19. The average Bonchev–Trinajstić information content (AvgIpc) is 2.90. The van der Waals surface area contributed by atoms with E-state index < -0.39 is 0 Å². The summed E-state index contributed by atoms with van der Waals surface area (Å²) in [6.07, 6.45) is 2.41. The molecular weight excluding hydrogens is 246 g/mol. The molecule has 1 N–H and O–H groups in total. The first kappa shape index (κ1) is 13.2. The van der Waals surface area contributed by atoms with E-state index in [1.165, 1.54) is 0 Å². The molecule has 6 heteroatoms. The summed E-state index contributed by atoms with van der Waals surface area (Å²) in [6, 6.07) is 5.56. The van der Waals surface area contributed by atoms with Gasteiger partial charge in [0.15, 0.2) is 0 Å². The molecule has 0 aromatic carbocycles. The maximum atomic E-state index is 5.30. The summed E-state index contributed by atoms with van der Waals surface area (Å²) in [5.41, 5.74) is 0. The summed E-state index contributed by atoms with van der Waals surface area (Å²) < 4.78 is 15.5. The minimum Gasteiger partial charge on any atom is -0.481 e. The number of nitrogens with one attached hydrogen (secondary N) is 1. The lowest BCUT2D eigenvalue weighted by atomic mass is 10.2. The highest BCUT2D eigenvalue weighted by Crippen LogP contribution is 2.18. The second-order valence-corrected chi connectivity index (χ2v) is 4.11. The molecule has 0 saturated heterocycles. The molecule has 0 aliphatic carbocycles. The van der Waals surface area contributed by atoms with Crippen LogP contribution in [-0.4, -0.2) is 30.2 Å². The molecule has 2 heterocycles. The van der Waals surface area contributed by atoms with Crippen molar-refractivity contribution in [3.05, 3.63) is 30.2 Å². The maximum absolute atomic E-state index is 5.30. The van der Waals surface area contributed by atoms with Gasteiger partial charge in [0.2, 0.25) is 17.7 Å². The van der Waals surface area contributed by atoms with E-state index in [9.17, 15) is 0 Å². The van der Waals surface area contributed by atoms with Crippen LogP contribution in [0.1, 0.15) is 12.7 Å². The molecule has 0 radical (unpaired) electrons. The normalized spacial score (nSPS) is 11.9. The van der Waals surface area contributed by atoms with Gasteiger partial charge in [-0.2, -0.15) is 9.97 Å². The van der Waals surface area contributed by atoms with Gasteiger partial charge in [-0.25, -0.2) is 0 Å². The van der Waals surface area contributed by atoms with Gasteiger partial charge < -0.3 is 19.2 Å². The first-order chi connectivity index (χ1) is 9.21. The van der Waals surface area contributed by atoms with Gasteiger partial charge in [0.25, 0.3) is 0 Å². The Morgan fingerprint density at radius 1 is 1.26 bits per heavy atom. The lowest BCUT2D eigenvalue weighted by Crippen LogP contribution is -2.19. The Bertz CT molecular complexity index is 492. The van der Waals surface area contributed by atoms with E-state index in [0.29, 0.717) is 17.7 Å². The molecule has 2 aromatic heterocycles. The quantitative estimate of drug-likeness (QED) is 0.861. The molecular formula is C13H17N3O3. The van der Waals surface area contributed by atoms with E-state index in [2.05, 4.69) is 15.3 Å². The summed E-state index contributed by atoms with van der Waals surface area (Å²) >= 11 is 0. The Morgan fingerprint density at radius 3 is 2.47 bits per heavy atom. The topological polar surface area (TPSA) is 69.4 Å². The van der Waals surface area contributed by atoms with Gasteiger partial charge in [-0.15, -0.1) is 0 Å². The Balaban J connectivity index is 2.05. The van der Waals surface area contributed by atoms with Crippen LogP contribution in [0.2, 0.25) is 0 Å². The van der Waals surface area contributed by atoms with Gasteiger partial charge in [-0.05, 0) is 19.1 Å². The van der Waals surface area contributed by atoms with Crippen LogP contribution in [0.3, 0.4) is 0 Å². The fraction of sp³-hybridized carbons (Fsp3) is 0.385. The van der Waals surface area contributed by atoms with Crippen molar-refractivity contribution in [1.82, 2.24) is 9.97 Å². The molecule has 1 atom stereocenters. The van der Waals surface area contributed by atoms with Crippen LogP contribution in [0, 0.1) is 0 Å². The number of hydrogen-bond donors (Lipinski definition) is 1. The van der Waals surface area contributed by atoms with E-state index in [4.69, 9.17) is 13.9 Å². The molecule has 0 saturated carbocycles. The predicted octanol–water partition coefficient (Wildman–Crippen LogP) is 2.13. The zero-order valence-electron chi connectivity index (χ0n) is 11.2. The lowest BCUT2D eigenvalue weighted by Gasteiger charge is -2.13. The third-order valence-electron chi connectivity index (χ3n) is 2.56. The van der Waals surface area contributed by atoms with Crippen LogP contribution in [0.25, 0.3) is 0 Å². The maximum Gasteiger partial charge on any atom is 0.229 e. The smallest absolute Gasteiger partial charge is 0.229 e. The van der Waals surface area contributed by atoms with Crippen molar-refractivity contribution in [3.8, 4) is 11.8 Å². The number of rotatable bonds is 6. The molecule has 0 fully saturated rings. The zero-order chi connectivity index (χ0) is 13.7. The lowest BCUT2D eigenvalue weighted by molar-refractivity contribution is 0.372. The van der Waals surface area contributed by atoms with Crippen molar-refractivity contribution in [2.45, 2.75) is 19.4 Å². The van der Waals surface area contributed by atoms with E-state index in [-0.39, 0.29) is 6.04 Å². The van der Waals surface area contributed by atoms with Gasteiger partial charge in [0.1, 0.15) is 5.76 Å².